The fraction of sp³-hybridized carbons (Fsp3) is 0.200. The molecule has 1 aliphatic heterocycles. The van der Waals surface area contributed by atoms with E-state index in [0.29, 0.717) is 29.7 Å². The number of phenolic OH excluding ortho intramolecular Hbond substituents is 1. The maximum absolute atomic E-state index is 12.4. The number of benzene rings is 2. The van der Waals surface area contributed by atoms with Gasteiger partial charge >= 0.3 is 0 Å². The van der Waals surface area contributed by atoms with Crippen molar-refractivity contribution in [2.24, 2.45) is 0 Å². The van der Waals surface area contributed by atoms with Crippen molar-refractivity contribution in [3.8, 4) is 5.75 Å². The van der Waals surface area contributed by atoms with Crippen molar-refractivity contribution in [1.82, 2.24) is 0 Å². The first-order valence-electron chi connectivity index (χ1n) is 7.90. The van der Waals surface area contributed by atoms with Gasteiger partial charge in [0.15, 0.2) is 0 Å². The minimum absolute atomic E-state index is 0.0403. The van der Waals surface area contributed by atoms with Gasteiger partial charge in [-0.05, 0) is 31.4 Å². The Morgan fingerprint density at radius 2 is 1.75 bits per heavy atom. The van der Waals surface area contributed by atoms with Crippen molar-refractivity contribution in [2.45, 2.75) is 25.4 Å². The van der Waals surface area contributed by atoms with E-state index in [9.17, 15) is 14.7 Å². The molecule has 0 bridgehead atoms. The minimum atomic E-state index is -0.659. The quantitative estimate of drug-likeness (QED) is 0.816. The van der Waals surface area contributed by atoms with Gasteiger partial charge in [0.25, 0.3) is 0 Å². The molecule has 2 aromatic carbocycles. The molecular formula is C20H16O4. The molecule has 1 N–H and O–H groups in total. The summed E-state index contributed by atoms with van der Waals surface area (Å²) in [4.78, 5) is 24.7. The van der Waals surface area contributed by atoms with Crippen molar-refractivity contribution in [3.05, 3.63) is 70.8 Å². The van der Waals surface area contributed by atoms with E-state index in [4.69, 9.17) is 4.74 Å². The monoisotopic (exact) mass is 320 g/mol. The average molecular weight is 320 g/mol. The Morgan fingerprint density at radius 3 is 2.50 bits per heavy atom. The number of ketones is 2. The maximum atomic E-state index is 12.4. The van der Waals surface area contributed by atoms with Crippen LogP contribution in [0.3, 0.4) is 0 Å². The highest BCUT2D eigenvalue weighted by molar-refractivity contribution is 6.52. The Labute approximate surface area is 139 Å². The van der Waals surface area contributed by atoms with Crippen LogP contribution in [0.5, 0.6) is 5.75 Å². The topological polar surface area (TPSA) is 63.6 Å². The zero-order valence-corrected chi connectivity index (χ0v) is 13.2. The van der Waals surface area contributed by atoms with Crippen LogP contribution in [-0.2, 0) is 15.1 Å². The second kappa shape index (κ2) is 5.06. The van der Waals surface area contributed by atoms with E-state index in [1.165, 1.54) is 6.07 Å². The van der Waals surface area contributed by atoms with Gasteiger partial charge in [-0.2, -0.15) is 0 Å². The van der Waals surface area contributed by atoms with Crippen LogP contribution in [0.15, 0.2) is 54.1 Å². The van der Waals surface area contributed by atoms with E-state index in [1.807, 2.05) is 37.3 Å². The number of Topliss-reactive ketones (excluding diaryl/α,β-unsaturated/α-hetero) is 2. The fourth-order valence-corrected chi connectivity index (χ4v) is 3.46. The highest BCUT2D eigenvalue weighted by Crippen LogP contribution is 2.46. The van der Waals surface area contributed by atoms with Crippen LogP contribution < -0.4 is 0 Å². The molecule has 0 amide bonds. The lowest BCUT2D eigenvalue weighted by atomic mass is 9.79. The molecule has 2 aromatic rings. The van der Waals surface area contributed by atoms with Gasteiger partial charge in [0.1, 0.15) is 17.1 Å². The molecule has 4 rings (SSSR count). The van der Waals surface area contributed by atoms with Crippen molar-refractivity contribution in [2.75, 3.05) is 0 Å². The van der Waals surface area contributed by atoms with Crippen LogP contribution >= 0.6 is 0 Å². The maximum Gasteiger partial charge on any atom is 0.237 e. The first-order valence-corrected chi connectivity index (χ1v) is 7.90. The van der Waals surface area contributed by atoms with Gasteiger partial charge in [-0.1, -0.05) is 42.5 Å². The molecule has 2 aliphatic rings. The van der Waals surface area contributed by atoms with E-state index in [-0.39, 0.29) is 11.3 Å². The molecule has 0 fully saturated rings. The summed E-state index contributed by atoms with van der Waals surface area (Å²) in [5, 5.41) is 10.0. The van der Waals surface area contributed by atoms with Crippen molar-refractivity contribution < 1.29 is 19.4 Å². The molecule has 24 heavy (non-hydrogen) atoms. The van der Waals surface area contributed by atoms with Crippen LogP contribution in [0, 0.1) is 0 Å². The molecular weight excluding hydrogens is 304 g/mol. The third-order valence-electron chi connectivity index (χ3n) is 4.83. The van der Waals surface area contributed by atoms with E-state index < -0.39 is 17.2 Å². The van der Waals surface area contributed by atoms with Crippen molar-refractivity contribution in [1.29, 1.82) is 0 Å². The summed E-state index contributed by atoms with van der Waals surface area (Å²) in [5.41, 5.74) is 1.38. The number of hydrogen-bond acceptors (Lipinski definition) is 4. The predicted molar refractivity (Wildman–Crippen MR) is 88.5 cm³/mol. The largest absolute Gasteiger partial charge is 0.507 e. The lowest BCUT2D eigenvalue weighted by Crippen LogP contribution is -2.35. The van der Waals surface area contributed by atoms with Gasteiger partial charge in [0, 0.05) is 11.1 Å². The van der Waals surface area contributed by atoms with E-state index in [2.05, 4.69) is 0 Å². The van der Waals surface area contributed by atoms with Crippen molar-refractivity contribution in [3.63, 3.8) is 0 Å². The number of hydrogen-bond donors (Lipinski definition) is 1. The number of aromatic hydroxyl groups is 1. The van der Waals surface area contributed by atoms with E-state index in [0.717, 1.165) is 5.56 Å². The van der Waals surface area contributed by atoms with Crippen LogP contribution in [0.25, 0.3) is 5.76 Å². The van der Waals surface area contributed by atoms with Gasteiger partial charge in [-0.3, -0.25) is 9.59 Å². The lowest BCUT2D eigenvalue weighted by Gasteiger charge is -2.39. The molecule has 4 heteroatoms. The first kappa shape index (κ1) is 14.7. The number of rotatable bonds is 1. The molecule has 120 valence electrons. The Kier molecular flexibility index (Phi) is 3.10. The van der Waals surface area contributed by atoms with Crippen LogP contribution in [0.4, 0.5) is 0 Å². The van der Waals surface area contributed by atoms with E-state index in [1.54, 1.807) is 12.1 Å². The summed E-state index contributed by atoms with van der Waals surface area (Å²) in [6.07, 6.45) is 1.09. The smallest absolute Gasteiger partial charge is 0.237 e. The molecule has 4 nitrogen and oxygen atoms in total. The molecule has 1 unspecified atom stereocenters. The van der Waals surface area contributed by atoms with Gasteiger partial charge < -0.3 is 9.84 Å². The summed E-state index contributed by atoms with van der Waals surface area (Å²) in [7, 11) is 0. The summed E-state index contributed by atoms with van der Waals surface area (Å²) in [5.74, 6) is -1.00. The molecule has 0 saturated heterocycles. The van der Waals surface area contributed by atoms with Gasteiger partial charge in [-0.15, -0.1) is 0 Å². The minimum Gasteiger partial charge on any atom is -0.507 e. The standard InChI is InChI=1S/C20H16O4/c1-20(12-6-3-2-4-7-12)11-10-14-17(22)18(23)16-13(19(14)24-20)8-5-9-15(16)21/h2-9,21H,10-11H2,1H3. The van der Waals surface area contributed by atoms with Gasteiger partial charge in [0.2, 0.25) is 11.6 Å². The number of allylic oxidation sites excluding steroid dienone is 1. The Hall–Kier alpha value is -2.88. The number of ether oxygens (including phenoxy) is 1. The van der Waals surface area contributed by atoms with Crippen molar-refractivity contribution >= 4 is 17.3 Å². The average Bonchev–Trinajstić information content (AvgIpc) is 2.60. The zero-order chi connectivity index (χ0) is 16.9. The molecule has 1 heterocycles. The van der Waals surface area contributed by atoms with E-state index >= 15 is 0 Å². The van der Waals surface area contributed by atoms with Gasteiger partial charge in [0.05, 0.1) is 5.56 Å². The molecule has 0 spiro atoms. The first-order chi connectivity index (χ1) is 11.5. The normalized spacial score (nSPS) is 22.7. The zero-order valence-electron chi connectivity index (χ0n) is 13.2. The van der Waals surface area contributed by atoms with Crippen LogP contribution in [0.2, 0.25) is 0 Å². The van der Waals surface area contributed by atoms with Gasteiger partial charge in [-0.25, -0.2) is 0 Å². The van der Waals surface area contributed by atoms with Crippen LogP contribution in [0.1, 0.15) is 41.3 Å². The Balaban J connectivity index is 1.87. The highest BCUT2D eigenvalue weighted by atomic mass is 16.5. The molecule has 1 aliphatic carbocycles. The molecule has 0 radical (unpaired) electrons. The summed E-state index contributed by atoms with van der Waals surface area (Å²) in [6, 6.07) is 14.6. The SMILES string of the molecule is CC1(c2ccccc2)CCC2=C(O1)c1cccc(O)c1C(=O)C2=O. The number of phenols is 1. The highest BCUT2D eigenvalue weighted by Gasteiger charge is 2.43. The summed E-state index contributed by atoms with van der Waals surface area (Å²) < 4.78 is 6.26. The molecule has 1 atom stereocenters. The summed E-state index contributed by atoms with van der Waals surface area (Å²) >= 11 is 0. The molecule has 0 aromatic heterocycles. The lowest BCUT2D eigenvalue weighted by molar-refractivity contribution is -0.112. The number of carbonyl (C=O) groups is 2. The molecule has 0 saturated carbocycles. The fourth-order valence-electron chi connectivity index (χ4n) is 3.46. The third kappa shape index (κ3) is 1.99. The third-order valence-corrected chi connectivity index (χ3v) is 4.83. The Bertz CT molecular complexity index is 895. The predicted octanol–water partition coefficient (Wildman–Crippen LogP) is 3.59. The summed E-state index contributed by atoms with van der Waals surface area (Å²) in [6.45, 7) is 1.98. The second-order valence-electron chi connectivity index (χ2n) is 6.36. The number of carbonyl (C=O) groups excluding carboxylic acids is 2. The number of fused-ring (bicyclic) bond motifs is 2. The Morgan fingerprint density at radius 1 is 1.00 bits per heavy atom. The second-order valence-corrected chi connectivity index (χ2v) is 6.36. The van der Waals surface area contributed by atoms with Crippen LogP contribution in [-0.4, -0.2) is 16.7 Å².